The minimum Gasteiger partial charge on any atom is -0.289 e. The summed E-state index contributed by atoms with van der Waals surface area (Å²) in [6, 6.07) is 15.7. The van der Waals surface area contributed by atoms with Gasteiger partial charge in [-0.15, -0.1) is 0 Å². The molecule has 0 saturated heterocycles. The standard InChI is InChI=1S/C15H13NO2/c1-11(16-18)13-8-5-9-14(10-13)15(17)12-6-3-2-4-7-12/h2-11H,1H3. The summed E-state index contributed by atoms with van der Waals surface area (Å²) in [5.41, 5.74) is 1.97. The molecule has 0 aliphatic heterocycles. The summed E-state index contributed by atoms with van der Waals surface area (Å²) in [6.45, 7) is 1.71. The summed E-state index contributed by atoms with van der Waals surface area (Å²) in [5, 5.41) is 2.97. The van der Waals surface area contributed by atoms with E-state index in [1.54, 1.807) is 43.3 Å². The smallest absolute Gasteiger partial charge is 0.193 e. The fourth-order valence-corrected chi connectivity index (χ4v) is 1.76. The molecule has 0 bridgehead atoms. The maximum atomic E-state index is 12.2. The van der Waals surface area contributed by atoms with Gasteiger partial charge in [-0.3, -0.25) is 4.79 Å². The van der Waals surface area contributed by atoms with E-state index in [2.05, 4.69) is 5.18 Å². The second-order valence-corrected chi connectivity index (χ2v) is 4.10. The van der Waals surface area contributed by atoms with Crippen LogP contribution in [-0.4, -0.2) is 5.78 Å². The van der Waals surface area contributed by atoms with Crippen LogP contribution < -0.4 is 0 Å². The number of nitrogens with zero attached hydrogens (tertiary/aromatic N) is 1. The molecule has 2 rings (SSSR count). The molecule has 3 nitrogen and oxygen atoms in total. The van der Waals surface area contributed by atoms with Gasteiger partial charge in [0.25, 0.3) is 0 Å². The van der Waals surface area contributed by atoms with Gasteiger partial charge in [0.2, 0.25) is 0 Å². The molecule has 0 N–H and O–H groups in total. The summed E-state index contributed by atoms with van der Waals surface area (Å²) in [7, 11) is 0. The molecule has 90 valence electrons. The number of ketones is 1. The molecule has 0 fully saturated rings. The first-order chi connectivity index (χ1) is 8.72. The van der Waals surface area contributed by atoms with Gasteiger partial charge in [0.05, 0.1) is 0 Å². The Hall–Kier alpha value is -2.29. The number of benzene rings is 2. The average molecular weight is 239 g/mol. The van der Waals surface area contributed by atoms with Gasteiger partial charge in [-0.1, -0.05) is 53.7 Å². The third-order valence-electron chi connectivity index (χ3n) is 2.83. The van der Waals surface area contributed by atoms with Gasteiger partial charge in [0, 0.05) is 11.1 Å². The third-order valence-corrected chi connectivity index (χ3v) is 2.83. The van der Waals surface area contributed by atoms with Crippen molar-refractivity contribution in [3.63, 3.8) is 0 Å². The van der Waals surface area contributed by atoms with Crippen molar-refractivity contribution in [1.29, 1.82) is 0 Å². The maximum Gasteiger partial charge on any atom is 0.193 e. The molecule has 0 aromatic heterocycles. The number of hydrogen-bond acceptors (Lipinski definition) is 3. The normalized spacial score (nSPS) is 11.8. The Morgan fingerprint density at radius 2 is 1.67 bits per heavy atom. The Kier molecular flexibility index (Phi) is 3.63. The van der Waals surface area contributed by atoms with Crippen LogP contribution in [0.1, 0.15) is 34.5 Å². The van der Waals surface area contributed by atoms with E-state index in [0.717, 1.165) is 5.56 Å². The van der Waals surface area contributed by atoms with Gasteiger partial charge < -0.3 is 0 Å². The largest absolute Gasteiger partial charge is 0.289 e. The molecule has 1 atom stereocenters. The van der Waals surface area contributed by atoms with Gasteiger partial charge in [-0.25, -0.2) is 0 Å². The van der Waals surface area contributed by atoms with Gasteiger partial charge in [-0.05, 0) is 18.6 Å². The van der Waals surface area contributed by atoms with Crippen molar-refractivity contribution in [1.82, 2.24) is 0 Å². The van der Waals surface area contributed by atoms with Gasteiger partial charge >= 0.3 is 0 Å². The lowest BCUT2D eigenvalue weighted by atomic mass is 9.99. The van der Waals surface area contributed by atoms with Crippen LogP contribution in [0.4, 0.5) is 0 Å². The Morgan fingerprint density at radius 3 is 2.33 bits per heavy atom. The summed E-state index contributed by atoms with van der Waals surface area (Å²) < 4.78 is 0. The first-order valence-electron chi connectivity index (χ1n) is 5.74. The topological polar surface area (TPSA) is 46.5 Å². The van der Waals surface area contributed by atoms with Crippen molar-refractivity contribution < 1.29 is 4.79 Å². The van der Waals surface area contributed by atoms with Crippen molar-refractivity contribution >= 4 is 5.78 Å². The van der Waals surface area contributed by atoms with E-state index in [1.807, 2.05) is 18.2 Å². The molecule has 0 heterocycles. The third kappa shape index (κ3) is 2.51. The van der Waals surface area contributed by atoms with E-state index in [4.69, 9.17) is 0 Å². The molecule has 1 unspecified atom stereocenters. The second kappa shape index (κ2) is 5.36. The zero-order chi connectivity index (χ0) is 13.0. The lowest BCUT2D eigenvalue weighted by molar-refractivity contribution is 0.103. The molecule has 0 aliphatic rings. The Morgan fingerprint density at radius 1 is 1.00 bits per heavy atom. The minimum absolute atomic E-state index is 0.0458. The molecule has 3 heteroatoms. The van der Waals surface area contributed by atoms with Crippen molar-refractivity contribution in [2.75, 3.05) is 0 Å². The van der Waals surface area contributed by atoms with Crippen LogP contribution in [0.3, 0.4) is 0 Å². The Balaban J connectivity index is 2.34. The highest BCUT2D eigenvalue weighted by Crippen LogP contribution is 2.19. The van der Waals surface area contributed by atoms with Gasteiger partial charge in [-0.2, -0.15) is 4.91 Å². The highest BCUT2D eigenvalue weighted by Gasteiger charge is 2.11. The van der Waals surface area contributed by atoms with E-state index in [0.29, 0.717) is 11.1 Å². The summed E-state index contributed by atoms with van der Waals surface area (Å²) >= 11 is 0. The zero-order valence-corrected chi connectivity index (χ0v) is 10.0. The molecule has 0 amide bonds. The summed E-state index contributed by atoms with van der Waals surface area (Å²) in [5.74, 6) is -0.0458. The molecular weight excluding hydrogens is 226 g/mol. The summed E-state index contributed by atoms with van der Waals surface area (Å²) in [4.78, 5) is 22.7. The van der Waals surface area contributed by atoms with Crippen molar-refractivity contribution in [2.24, 2.45) is 5.18 Å². The van der Waals surface area contributed by atoms with Crippen LogP contribution in [0.2, 0.25) is 0 Å². The highest BCUT2D eigenvalue weighted by molar-refractivity contribution is 6.09. The second-order valence-electron chi connectivity index (χ2n) is 4.10. The molecule has 2 aromatic rings. The minimum atomic E-state index is -0.437. The fraction of sp³-hybridized carbons (Fsp3) is 0.133. The lowest BCUT2D eigenvalue weighted by Crippen LogP contribution is -2.02. The van der Waals surface area contributed by atoms with Crippen LogP contribution in [0.5, 0.6) is 0 Å². The van der Waals surface area contributed by atoms with Crippen molar-refractivity contribution in [2.45, 2.75) is 13.0 Å². The van der Waals surface area contributed by atoms with E-state index in [-0.39, 0.29) is 5.78 Å². The molecule has 0 radical (unpaired) electrons. The van der Waals surface area contributed by atoms with E-state index >= 15 is 0 Å². The average Bonchev–Trinajstić information content (AvgIpc) is 2.46. The molecule has 2 aromatic carbocycles. The Labute approximate surface area is 105 Å². The van der Waals surface area contributed by atoms with Crippen LogP contribution in [0, 0.1) is 4.91 Å². The number of nitroso groups, excluding NO2 is 1. The number of carbonyl (C=O) groups excluding carboxylic acids is 1. The summed E-state index contributed by atoms with van der Waals surface area (Å²) in [6.07, 6.45) is 0. The first kappa shape index (κ1) is 12.2. The lowest BCUT2D eigenvalue weighted by Gasteiger charge is -2.06. The van der Waals surface area contributed by atoms with Crippen LogP contribution in [-0.2, 0) is 0 Å². The van der Waals surface area contributed by atoms with E-state index in [1.165, 1.54) is 0 Å². The zero-order valence-electron chi connectivity index (χ0n) is 10.0. The van der Waals surface area contributed by atoms with Crippen molar-refractivity contribution in [3.05, 3.63) is 76.2 Å². The SMILES string of the molecule is CC(N=O)c1cccc(C(=O)c2ccccc2)c1. The van der Waals surface area contributed by atoms with Crippen molar-refractivity contribution in [3.8, 4) is 0 Å². The van der Waals surface area contributed by atoms with Gasteiger partial charge in [0.1, 0.15) is 6.04 Å². The highest BCUT2D eigenvalue weighted by atomic mass is 16.3. The predicted molar refractivity (Wildman–Crippen MR) is 70.5 cm³/mol. The van der Waals surface area contributed by atoms with E-state index in [9.17, 15) is 9.70 Å². The molecular formula is C15H13NO2. The van der Waals surface area contributed by atoms with Crippen LogP contribution in [0.25, 0.3) is 0 Å². The van der Waals surface area contributed by atoms with Crippen LogP contribution >= 0.6 is 0 Å². The number of carbonyl (C=O) groups is 1. The predicted octanol–water partition coefficient (Wildman–Crippen LogP) is 3.75. The van der Waals surface area contributed by atoms with Gasteiger partial charge in [0.15, 0.2) is 5.78 Å². The monoisotopic (exact) mass is 239 g/mol. The quantitative estimate of drug-likeness (QED) is 0.602. The first-order valence-corrected chi connectivity index (χ1v) is 5.74. The Bertz CT molecular complexity index is 564. The van der Waals surface area contributed by atoms with Crippen LogP contribution in [0.15, 0.2) is 59.8 Å². The maximum absolute atomic E-state index is 12.2. The fourth-order valence-electron chi connectivity index (χ4n) is 1.76. The number of rotatable bonds is 4. The van der Waals surface area contributed by atoms with E-state index < -0.39 is 6.04 Å². The molecule has 0 spiro atoms. The molecule has 0 aliphatic carbocycles. The molecule has 18 heavy (non-hydrogen) atoms. The molecule has 0 saturated carbocycles. The number of hydrogen-bond donors (Lipinski definition) is 0.